The van der Waals surface area contributed by atoms with E-state index in [-0.39, 0.29) is 17.8 Å². The fourth-order valence-electron chi connectivity index (χ4n) is 4.05. The highest BCUT2D eigenvalue weighted by Gasteiger charge is 2.24. The van der Waals surface area contributed by atoms with Crippen molar-refractivity contribution in [2.75, 3.05) is 19.5 Å². The van der Waals surface area contributed by atoms with Gasteiger partial charge >= 0.3 is 5.97 Å². The molecule has 168 valence electrons. The molecule has 0 aliphatic carbocycles. The van der Waals surface area contributed by atoms with Crippen LogP contribution in [0.1, 0.15) is 12.8 Å². The van der Waals surface area contributed by atoms with Gasteiger partial charge in [0.1, 0.15) is 0 Å². The van der Waals surface area contributed by atoms with E-state index in [4.69, 9.17) is 14.5 Å². The number of pyridine rings is 1. The van der Waals surface area contributed by atoms with Crippen LogP contribution in [0.25, 0.3) is 33.5 Å². The second kappa shape index (κ2) is 9.72. The SMILES string of the molecule is COC(=O)CSc1nnc(-c2cc(-c3ccccc3)nc3ccccc23)n1CC1CCCO1. The zero-order valence-corrected chi connectivity index (χ0v) is 19.1. The maximum Gasteiger partial charge on any atom is 0.316 e. The summed E-state index contributed by atoms with van der Waals surface area (Å²) >= 11 is 1.33. The van der Waals surface area contributed by atoms with Crippen molar-refractivity contribution >= 4 is 28.6 Å². The summed E-state index contributed by atoms with van der Waals surface area (Å²) in [6.07, 6.45) is 2.13. The van der Waals surface area contributed by atoms with E-state index in [1.54, 1.807) is 0 Å². The molecule has 3 heterocycles. The number of benzene rings is 2. The average Bonchev–Trinajstić information content (AvgIpc) is 3.53. The number of carbonyl (C=O) groups excluding carboxylic acids is 1. The Hall–Kier alpha value is -3.23. The maximum atomic E-state index is 11.8. The molecule has 0 saturated carbocycles. The Morgan fingerprint density at radius 1 is 1.15 bits per heavy atom. The van der Waals surface area contributed by atoms with Crippen molar-refractivity contribution in [2.24, 2.45) is 0 Å². The lowest BCUT2D eigenvalue weighted by Crippen LogP contribution is -2.17. The largest absolute Gasteiger partial charge is 0.468 e. The van der Waals surface area contributed by atoms with Crippen LogP contribution in [-0.4, -0.2) is 51.3 Å². The Balaban J connectivity index is 1.63. The van der Waals surface area contributed by atoms with E-state index in [2.05, 4.69) is 39.0 Å². The smallest absolute Gasteiger partial charge is 0.316 e. The van der Waals surface area contributed by atoms with Crippen molar-refractivity contribution in [3.63, 3.8) is 0 Å². The van der Waals surface area contributed by atoms with Crippen LogP contribution in [0.5, 0.6) is 0 Å². The Labute approximate surface area is 196 Å². The van der Waals surface area contributed by atoms with Crippen molar-refractivity contribution in [2.45, 2.75) is 30.6 Å². The van der Waals surface area contributed by atoms with Gasteiger partial charge in [-0.15, -0.1) is 10.2 Å². The van der Waals surface area contributed by atoms with E-state index in [9.17, 15) is 4.79 Å². The summed E-state index contributed by atoms with van der Waals surface area (Å²) in [4.78, 5) is 16.7. The van der Waals surface area contributed by atoms with Gasteiger partial charge in [0.15, 0.2) is 11.0 Å². The van der Waals surface area contributed by atoms with Crippen LogP contribution >= 0.6 is 11.8 Å². The monoisotopic (exact) mass is 460 g/mol. The van der Waals surface area contributed by atoms with Gasteiger partial charge in [-0.05, 0) is 25.0 Å². The number of nitrogens with zero attached hydrogens (tertiary/aromatic N) is 4. The quantitative estimate of drug-likeness (QED) is 0.294. The van der Waals surface area contributed by atoms with Gasteiger partial charge in [-0.2, -0.15) is 0 Å². The molecule has 1 unspecified atom stereocenters. The molecular formula is C25H24N4O3S. The van der Waals surface area contributed by atoms with Crippen LogP contribution in [0, 0.1) is 0 Å². The third-order valence-corrected chi connectivity index (χ3v) is 6.64. The van der Waals surface area contributed by atoms with Crippen LogP contribution in [0.15, 0.2) is 65.8 Å². The third-order valence-electron chi connectivity index (χ3n) is 5.70. The summed E-state index contributed by atoms with van der Waals surface area (Å²) in [7, 11) is 1.39. The standard InChI is InChI=1S/C25H24N4O3S/c1-31-23(30)16-33-25-28-27-24(29(25)15-18-10-7-13-32-18)20-14-22(17-8-3-2-4-9-17)26-21-12-6-5-11-19(20)21/h2-6,8-9,11-12,14,18H,7,10,13,15-16H2,1H3. The summed E-state index contributed by atoms with van der Waals surface area (Å²) in [5, 5.41) is 10.7. The van der Waals surface area contributed by atoms with Gasteiger partial charge in [0, 0.05) is 23.1 Å². The van der Waals surface area contributed by atoms with Crippen molar-refractivity contribution in [1.29, 1.82) is 0 Å². The number of fused-ring (bicyclic) bond motifs is 1. The average molecular weight is 461 g/mol. The normalized spacial score (nSPS) is 15.7. The Morgan fingerprint density at radius 3 is 2.76 bits per heavy atom. The van der Waals surface area contributed by atoms with Gasteiger partial charge in [-0.1, -0.05) is 60.3 Å². The molecule has 33 heavy (non-hydrogen) atoms. The first-order chi connectivity index (χ1) is 16.2. The number of carbonyl (C=O) groups is 1. The van der Waals surface area contributed by atoms with Crippen molar-refractivity contribution in [3.8, 4) is 22.6 Å². The highest BCUT2D eigenvalue weighted by Crippen LogP contribution is 2.33. The van der Waals surface area contributed by atoms with Gasteiger partial charge in [-0.25, -0.2) is 4.98 Å². The van der Waals surface area contributed by atoms with Crippen molar-refractivity contribution in [1.82, 2.24) is 19.7 Å². The Morgan fingerprint density at radius 2 is 1.97 bits per heavy atom. The van der Waals surface area contributed by atoms with E-state index < -0.39 is 0 Å². The minimum atomic E-state index is -0.297. The zero-order valence-electron chi connectivity index (χ0n) is 18.3. The van der Waals surface area contributed by atoms with Gasteiger partial charge in [0.05, 0.1) is 36.7 Å². The van der Waals surface area contributed by atoms with Crippen LogP contribution in [-0.2, 0) is 20.8 Å². The molecule has 0 spiro atoms. The van der Waals surface area contributed by atoms with Gasteiger partial charge in [0.2, 0.25) is 0 Å². The summed E-state index contributed by atoms with van der Waals surface area (Å²) < 4.78 is 12.8. The molecule has 4 aromatic rings. The van der Waals surface area contributed by atoms with Crippen LogP contribution in [0.4, 0.5) is 0 Å². The van der Waals surface area contributed by atoms with Gasteiger partial charge in [-0.3, -0.25) is 9.36 Å². The highest BCUT2D eigenvalue weighted by molar-refractivity contribution is 7.99. The lowest BCUT2D eigenvalue weighted by atomic mass is 10.0. The molecule has 0 bridgehead atoms. The zero-order chi connectivity index (χ0) is 22.6. The molecule has 8 heteroatoms. The summed E-state index contributed by atoms with van der Waals surface area (Å²) in [5.41, 5.74) is 3.76. The lowest BCUT2D eigenvalue weighted by molar-refractivity contribution is -0.137. The second-order valence-corrected chi connectivity index (χ2v) is 8.80. The molecule has 0 amide bonds. The molecule has 1 saturated heterocycles. The molecule has 5 rings (SSSR count). The van der Waals surface area contributed by atoms with E-state index in [0.29, 0.717) is 11.7 Å². The molecular weight excluding hydrogens is 436 g/mol. The number of hydrogen-bond donors (Lipinski definition) is 0. The predicted molar refractivity (Wildman–Crippen MR) is 128 cm³/mol. The third kappa shape index (κ3) is 4.62. The molecule has 0 radical (unpaired) electrons. The molecule has 2 aromatic carbocycles. The first kappa shape index (κ1) is 21.6. The maximum absolute atomic E-state index is 11.8. The van der Waals surface area contributed by atoms with E-state index >= 15 is 0 Å². The molecule has 1 aliphatic rings. The summed E-state index contributed by atoms with van der Waals surface area (Å²) in [5.74, 6) is 0.620. The molecule has 0 N–H and O–H groups in total. The fourth-order valence-corrected chi connectivity index (χ4v) is 4.83. The second-order valence-electron chi connectivity index (χ2n) is 7.85. The van der Waals surface area contributed by atoms with E-state index in [1.165, 1.54) is 18.9 Å². The summed E-state index contributed by atoms with van der Waals surface area (Å²) in [6.45, 7) is 1.40. The molecule has 1 fully saturated rings. The number of thioether (sulfide) groups is 1. The molecule has 1 atom stereocenters. The Kier molecular flexibility index (Phi) is 6.37. The topological polar surface area (TPSA) is 79.1 Å². The van der Waals surface area contributed by atoms with Gasteiger partial charge < -0.3 is 9.47 Å². The number of esters is 1. The predicted octanol–water partition coefficient (Wildman–Crippen LogP) is 4.60. The van der Waals surface area contributed by atoms with Crippen molar-refractivity contribution in [3.05, 3.63) is 60.7 Å². The first-order valence-electron chi connectivity index (χ1n) is 10.9. The summed E-state index contributed by atoms with van der Waals surface area (Å²) in [6, 6.07) is 20.2. The first-order valence-corrected chi connectivity index (χ1v) is 11.9. The number of ether oxygens (including phenoxy) is 2. The Bertz CT molecular complexity index is 1270. The number of rotatable bonds is 7. The minimum Gasteiger partial charge on any atom is -0.468 e. The van der Waals surface area contributed by atoms with E-state index in [1.807, 2.05) is 36.4 Å². The van der Waals surface area contributed by atoms with E-state index in [0.717, 1.165) is 53.0 Å². The number of methoxy groups -OCH3 is 1. The lowest BCUT2D eigenvalue weighted by Gasteiger charge is -2.16. The number of para-hydroxylation sites is 1. The van der Waals surface area contributed by atoms with Crippen LogP contribution in [0.2, 0.25) is 0 Å². The van der Waals surface area contributed by atoms with Crippen LogP contribution in [0.3, 0.4) is 0 Å². The molecule has 7 nitrogen and oxygen atoms in total. The molecule has 1 aliphatic heterocycles. The minimum absolute atomic E-state index is 0.0962. The van der Waals surface area contributed by atoms with Crippen LogP contribution < -0.4 is 0 Å². The van der Waals surface area contributed by atoms with Crippen molar-refractivity contribution < 1.29 is 14.3 Å². The fraction of sp³-hybridized carbons (Fsp3) is 0.280. The van der Waals surface area contributed by atoms with Gasteiger partial charge in [0.25, 0.3) is 0 Å². The highest BCUT2D eigenvalue weighted by atomic mass is 32.2. The molecule has 2 aromatic heterocycles. The number of hydrogen-bond acceptors (Lipinski definition) is 7. The number of aromatic nitrogens is 4.